The van der Waals surface area contributed by atoms with Gasteiger partial charge in [-0.05, 0) is 55.0 Å². The van der Waals surface area contributed by atoms with Crippen molar-refractivity contribution in [1.29, 1.82) is 0 Å². The molecule has 180 valence electrons. The largest absolute Gasteiger partial charge is 0.339 e. The predicted molar refractivity (Wildman–Crippen MR) is 137 cm³/mol. The van der Waals surface area contributed by atoms with Crippen molar-refractivity contribution in [3.63, 3.8) is 0 Å². The van der Waals surface area contributed by atoms with Gasteiger partial charge < -0.3 is 9.88 Å². The van der Waals surface area contributed by atoms with Crippen LogP contribution in [0.2, 0.25) is 0 Å². The zero-order valence-corrected chi connectivity index (χ0v) is 20.7. The molecule has 4 aromatic rings. The number of carbonyl (C=O) groups excluding carboxylic acids is 1. The highest BCUT2D eigenvalue weighted by molar-refractivity contribution is 7.93. The van der Waals surface area contributed by atoms with Crippen molar-refractivity contribution in [1.82, 2.24) is 14.9 Å². The number of piperidine rings is 1. The van der Waals surface area contributed by atoms with Crippen LogP contribution >= 0.6 is 11.3 Å². The van der Waals surface area contributed by atoms with Gasteiger partial charge in [0.05, 0.1) is 16.2 Å². The molecule has 1 aliphatic rings. The van der Waals surface area contributed by atoms with Gasteiger partial charge in [0.2, 0.25) is 0 Å². The van der Waals surface area contributed by atoms with E-state index in [1.807, 2.05) is 11.0 Å². The Hall–Kier alpha value is -3.50. The van der Waals surface area contributed by atoms with Gasteiger partial charge in [-0.3, -0.25) is 9.59 Å². The summed E-state index contributed by atoms with van der Waals surface area (Å²) in [4.78, 5) is 35.0. The van der Waals surface area contributed by atoms with Gasteiger partial charge in [-0.1, -0.05) is 24.3 Å². The number of nitrogens with one attached hydrogen (secondary N) is 1. The summed E-state index contributed by atoms with van der Waals surface area (Å²) in [5.74, 6) is -0.0247. The minimum absolute atomic E-state index is 0.0247. The molecule has 35 heavy (non-hydrogen) atoms. The molecule has 0 atom stereocenters. The molecule has 0 aliphatic carbocycles. The smallest absolute Gasteiger partial charge is 0.265 e. The normalized spacial score (nSPS) is 14.3. The predicted octanol–water partition coefficient (Wildman–Crippen LogP) is 4.10. The molecule has 1 saturated heterocycles. The Balaban J connectivity index is 1.44. The Morgan fingerprint density at radius 2 is 1.80 bits per heavy atom. The van der Waals surface area contributed by atoms with Gasteiger partial charge in [-0.15, -0.1) is 11.3 Å². The number of anilines is 1. The average molecular weight is 509 g/mol. The Morgan fingerprint density at radius 3 is 2.54 bits per heavy atom. The standard InChI is InChI=1S/C25H24N4O4S2/c1-28(35(32,33)19-8-4-2-5-9-19)25-27-22(16-34-25)20-14-17-10-11-18(15-21(17)26-23(20)30)24(31)29-12-6-3-7-13-29/h2,4-5,8-11,14-16H,3,6-7,12-13H2,1H3,(H,26,30). The lowest BCUT2D eigenvalue weighted by Gasteiger charge is -2.26. The highest BCUT2D eigenvalue weighted by atomic mass is 32.2. The molecule has 5 rings (SSSR count). The number of hydrogen-bond acceptors (Lipinski definition) is 6. The molecule has 1 fully saturated rings. The molecular formula is C25H24N4O4S2. The number of benzene rings is 2. The van der Waals surface area contributed by atoms with Crippen molar-refractivity contribution >= 4 is 43.3 Å². The van der Waals surface area contributed by atoms with Crippen LogP contribution in [0.3, 0.4) is 0 Å². The van der Waals surface area contributed by atoms with Crippen LogP contribution in [0.25, 0.3) is 22.2 Å². The van der Waals surface area contributed by atoms with E-state index in [4.69, 9.17) is 0 Å². The Labute approximate surface area is 206 Å². The number of H-pyrrole nitrogens is 1. The van der Waals surface area contributed by atoms with Crippen LogP contribution in [0.1, 0.15) is 29.6 Å². The molecule has 0 saturated carbocycles. The molecule has 2 aromatic heterocycles. The van der Waals surface area contributed by atoms with Crippen molar-refractivity contribution in [2.24, 2.45) is 0 Å². The zero-order valence-electron chi connectivity index (χ0n) is 19.1. The van der Waals surface area contributed by atoms with E-state index in [0.29, 0.717) is 22.3 Å². The lowest BCUT2D eigenvalue weighted by atomic mass is 10.1. The van der Waals surface area contributed by atoms with Gasteiger partial charge in [0.25, 0.3) is 21.5 Å². The van der Waals surface area contributed by atoms with E-state index in [9.17, 15) is 18.0 Å². The molecule has 0 radical (unpaired) electrons. The number of thiazole rings is 1. The van der Waals surface area contributed by atoms with E-state index >= 15 is 0 Å². The molecule has 0 spiro atoms. The van der Waals surface area contributed by atoms with Gasteiger partial charge >= 0.3 is 0 Å². The summed E-state index contributed by atoms with van der Waals surface area (Å²) in [6.45, 7) is 1.51. The van der Waals surface area contributed by atoms with Crippen LogP contribution in [0.5, 0.6) is 0 Å². The topological polar surface area (TPSA) is 103 Å². The van der Waals surface area contributed by atoms with Gasteiger partial charge in [0.15, 0.2) is 5.13 Å². The van der Waals surface area contributed by atoms with Gasteiger partial charge in [-0.25, -0.2) is 17.7 Å². The Morgan fingerprint density at radius 1 is 1.06 bits per heavy atom. The van der Waals surface area contributed by atoms with Gasteiger partial charge in [0.1, 0.15) is 0 Å². The second-order valence-corrected chi connectivity index (χ2v) is 11.3. The van der Waals surface area contributed by atoms with Gasteiger partial charge in [-0.2, -0.15) is 0 Å². The number of aromatic amines is 1. The van der Waals surface area contributed by atoms with Crippen LogP contribution in [0, 0.1) is 0 Å². The molecule has 1 amide bonds. The van der Waals surface area contributed by atoms with Crippen LogP contribution < -0.4 is 9.86 Å². The summed E-state index contributed by atoms with van der Waals surface area (Å²) in [6, 6.07) is 15.1. The van der Waals surface area contributed by atoms with E-state index < -0.39 is 10.0 Å². The molecule has 10 heteroatoms. The summed E-state index contributed by atoms with van der Waals surface area (Å²) in [5.41, 5.74) is 1.48. The lowest BCUT2D eigenvalue weighted by molar-refractivity contribution is 0.0724. The first-order chi connectivity index (χ1) is 16.8. The fourth-order valence-electron chi connectivity index (χ4n) is 4.19. The minimum Gasteiger partial charge on any atom is -0.339 e. The third kappa shape index (κ3) is 4.46. The van der Waals surface area contributed by atoms with Crippen molar-refractivity contribution in [2.45, 2.75) is 24.2 Å². The first-order valence-electron chi connectivity index (χ1n) is 11.3. The highest BCUT2D eigenvalue weighted by Crippen LogP contribution is 2.30. The van der Waals surface area contributed by atoms with Crippen molar-refractivity contribution in [2.75, 3.05) is 24.4 Å². The zero-order chi connectivity index (χ0) is 24.6. The fourth-order valence-corrected chi connectivity index (χ4v) is 6.37. The molecule has 2 aromatic carbocycles. The maximum atomic E-state index is 12.9. The van der Waals surface area contributed by atoms with E-state index in [1.54, 1.807) is 41.8 Å². The number of pyridine rings is 1. The highest BCUT2D eigenvalue weighted by Gasteiger charge is 2.24. The van der Waals surface area contributed by atoms with E-state index in [-0.39, 0.29) is 21.5 Å². The number of carbonyl (C=O) groups is 1. The Kier molecular flexibility index (Phi) is 6.16. The Bertz CT molecular complexity index is 1560. The number of aromatic nitrogens is 2. The first kappa shape index (κ1) is 23.3. The number of hydrogen-bond donors (Lipinski definition) is 1. The minimum atomic E-state index is -3.77. The molecule has 8 nitrogen and oxygen atoms in total. The average Bonchev–Trinajstić information content (AvgIpc) is 3.38. The van der Waals surface area contributed by atoms with Crippen LogP contribution in [0.4, 0.5) is 5.13 Å². The molecule has 1 aliphatic heterocycles. The summed E-state index contributed by atoms with van der Waals surface area (Å²) in [6.07, 6.45) is 3.16. The third-order valence-corrected chi connectivity index (χ3v) is 8.97. The molecule has 0 bridgehead atoms. The number of likely N-dealkylation sites (tertiary alicyclic amines) is 1. The summed E-state index contributed by atoms with van der Waals surface area (Å²) in [7, 11) is -2.33. The number of fused-ring (bicyclic) bond motifs is 1. The van der Waals surface area contributed by atoms with Gasteiger partial charge in [0, 0.05) is 36.6 Å². The summed E-state index contributed by atoms with van der Waals surface area (Å²) >= 11 is 1.14. The van der Waals surface area contributed by atoms with Crippen molar-refractivity contribution in [3.05, 3.63) is 75.9 Å². The molecule has 3 heterocycles. The van der Waals surface area contributed by atoms with Crippen LogP contribution in [-0.4, -0.2) is 49.3 Å². The summed E-state index contributed by atoms with van der Waals surface area (Å²) in [5, 5.41) is 2.68. The second-order valence-electron chi connectivity index (χ2n) is 8.47. The number of sulfonamides is 1. The molecular weight excluding hydrogens is 484 g/mol. The first-order valence-corrected chi connectivity index (χ1v) is 13.6. The van der Waals surface area contributed by atoms with Crippen LogP contribution in [-0.2, 0) is 10.0 Å². The third-order valence-electron chi connectivity index (χ3n) is 6.18. The monoisotopic (exact) mass is 508 g/mol. The van der Waals surface area contributed by atoms with Crippen molar-refractivity contribution < 1.29 is 13.2 Å². The quantitative estimate of drug-likeness (QED) is 0.437. The second kappa shape index (κ2) is 9.27. The van der Waals surface area contributed by atoms with E-state index in [2.05, 4.69) is 9.97 Å². The van der Waals surface area contributed by atoms with E-state index in [0.717, 1.165) is 53.4 Å². The number of rotatable bonds is 5. The maximum Gasteiger partial charge on any atom is 0.265 e. The summed E-state index contributed by atoms with van der Waals surface area (Å²) < 4.78 is 26.9. The maximum absolute atomic E-state index is 12.9. The lowest BCUT2D eigenvalue weighted by Crippen LogP contribution is -2.35. The van der Waals surface area contributed by atoms with E-state index in [1.165, 1.54) is 19.2 Å². The van der Waals surface area contributed by atoms with Crippen LogP contribution in [0.15, 0.2) is 69.7 Å². The SMILES string of the molecule is CN(c1nc(-c2cc3ccc(C(=O)N4CCCCC4)cc3[nH]c2=O)cs1)S(=O)(=O)c1ccccc1. The number of amides is 1. The number of nitrogens with zero attached hydrogens (tertiary/aromatic N) is 3. The molecule has 1 N–H and O–H groups in total. The van der Waals surface area contributed by atoms with Crippen molar-refractivity contribution in [3.8, 4) is 11.3 Å². The fraction of sp³-hybridized carbons (Fsp3) is 0.240. The molecule has 0 unspecified atom stereocenters.